The highest BCUT2D eigenvalue weighted by molar-refractivity contribution is 5.91. The molecule has 30 heavy (non-hydrogen) atoms. The molecule has 156 valence electrons. The number of aromatic amines is 1. The third-order valence-corrected chi connectivity index (χ3v) is 4.90. The van der Waals surface area contributed by atoms with Crippen molar-refractivity contribution in [3.8, 4) is 11.4 Å². The average Bonchev–Trinajstić information content (AvgIpc) is 3.43. The molecule has 0 aliphatic heterocycles. The van der Waals surface area contributed by atoms with E-state index in [0.29, 0.717) is 22.8 Å². The van der Waals surface area contributed by atoms with Crippen LogP contribution >= 0.6 is 0 Å². The first-order chi connectivity index (χ1) is 14.3. The Morgan fingerprint density at radius 1 is 1.20 bits per heavy atom. The Kier molecular flexibility index (Phi) is 5.03. The first-order valence-electron chi connectivity index (χ1n) is 9.77. The zero-order valence-electron chi connectivity index (χ0n) is 17.2. The monoisotopic (exact) mass is 409 g/mol. The second-order valence-electron chi connectivity index (χ2n) is 7.75. The van der Waals surface area contributed by atoms with Gasteiger partial charge in [0.1, 0.15) is 6.04 Å². The van der Waals surface area contributed by atoms with Gasteiger partial charge in [-0.1, -0.05) is 19.0 Å². The van der Waals surface area contributed by atoms with Gasteiger partial charge < -0.3 is 19.2 Å². The van der Waals surface area contributed by atoms with Crippen LogP contribution in [0.4, 0.5) is 0 Å². The molecule has 9 heteroatoms. The number of hydrogen-bond donors (Lipinski definition) is 2. The smallest absolute Gasteiger partial charge is 0.326 e. The Labute approximate surface area is 172 Å². The molecule has 9 nitrogen and oxygen atoms in total. The van der Waals surface area contributed by atoms with Gasteiger partial charge in [0.05, 0.1) is 17.3 Å². The van der Waals surface area contributed by atoms with Gasteiger partial charge in [-0.3, -0.25) is 9.36 Å². The number of benzene rings is 1. The number of H-pyrrole nitrogens is 1. The summed E-state index contributed by atoms with van der Waals surface area (Å²) in [5.74, 6) is 0.546. The summed E-state index contributed by atoms with van der Waals surface area (Å²) in [6.07, 6.45) is 1.44. The number of rotatable bonds is 6. The number of nitrogens with one attached hydrogen (secondary N) is 2. The van der Waals surface area contributed by atoms with Crippen molar-refractivity contribution in [2.75, 3.05) is 0 Å². The minimum atomic E-state index is -0.477. The van der Waals surface area contributed by atoms with E-state index < -0.39 is 6.04 Å². The largest absolute Gasteiger partial charge is 0.459 e. The first kappa shape index (κ1) is 19.7. The van der Waals surface area contributed by atoms with Crippen LogP contribution in [0.5, 0.6) is 0 Å². The second kappa shape index (κ2) is 7.66. The molecule has 0 spiro atoms. The van der Waals surface area contributed by atoms with Gasteiger partial charge in [-0.05, 0) is 50.1 Å². The summed E-state index contributed by atoms with van der Waals surface area (Å²) in [4.78, 5) is 31.9. The standard InChI is InChI=1S/C21H23N5O4/c1-11(2)17(23-19(27)16-6-5-9-29-16)20-24-18(25-30-20)13-7-8-15-14(10-13)22-21(28)26(15)12(3)4/h5-12,17H,1-4H3,(H,22,28)(H,23,27)/t17-/m0/s1. The summed E-state index contributed by atoms with van der Waals surface area (Å²) in [5.41, 5.74) is 2.05. The third kappa shape index (κ3) is 3.54. The normalized spacial score (nSPS) is 12.7. The predicted molar refractivity (Wildman–Crippen MR) is 110 cm³/mol. The van der Waals surface area contributed by atoms with Gasteiger partial charge in [-0.15, -0.1) is 0 Å². The van der Waals surface area contributed by atoms with Crippen LogP contribution in [-0.4, -0.2) is 25.6 Å². The summed E-state index contributed by atoms with van der Waals surface area (Å²) in [7, 11) is 0. The van der Waals surface area contributed by atoms with E-state index in [0.717, 1.165) is 5.52 Å². The van der Waals surface area contributed by atoms with Crippen LogP contribution in [0.2, 0.25) is 0 Å². The van der Waals surface area contributed by atoms with E-state index >= 15 is 0 Å². The Hall–Kier alpha value is -3.62. The zero-order valence-corrected chi connectivity index (χ0v) is 17.2. The molecule has 0 saturated heterocycles. The van der Waals surface area contributed by atoms with E-state index in [-0.39, 0.29) is 29.3 Å². The van der Waals surface area contributed by atoms with Crippen molar-refractivity contribution in [3.63, 3.8) is 0 Å². The SMILES string of the molecule is CC(C)[C@H](NC(=O)c1ccco1)c1nc(-c2ccc3c(c2)[nH]c(=O)n3C(C)C)no1. The van der Waals surface area contributed by atoms with Crippen molar-refractivity contribution in [2.45, 2.75) is 39.8 Å². The minimum absolute atomic E-state index is 0.0103. The second-order valence-corrected chi connectivity index (χ2v) is 7.75. The maximum Gasteiger partial charge on any atom is 0.326 e. The highest BCUT2D eigenvalue weighted by Crippen LogP contribution is 2.26. The Morgan fingerprint density at radius 2 is 2.00 bits per heavy atom. The molecule has 1 amide bonds. The number of fused-ring (bicyclic) bond motifs is 1. The van der Waals surface area contributed by atoms with Crippen LogP contribution in [0, 0.1) is 5.92 Å². The zero-order chi connectivity index (χ0) is 21.4. The van der Waals surface area contributed by atoms with Crippen LogP contribution in [0.3, 0.4) is 0 Å². The van der Waals surface area contributed by atoms with E-state index in [1.54, 1.807) is 16.7 Å². The lowest BCUT2D eigenvalue weighted by Gasteiger charge is -2.17. The molecule has 0 aliphatic carbocycles. The van der Waals surface area contributed by atoms with E-state index in [2.05, 4.69) is 20.4 Å². The van der Waals surface area contributed by atoms with Gasteiger partial charge in [0.15, 0.2) is 5.76 Å². The van der Waals surface area contributed by atoms with Crippen LogP contribution in [0.25, 0.3) is 22.4 Å². The molecular weight excluding hydrogens is 386 g/mol. The maximum atomic E-state index is 12.4. The highest BCUT2D eigenvalue weighted by Gasteiger charge is 2.26. The molecule has 1 aromatic carbocycles. The molecule has 0 unspecified atom stereocenters. The van der Waals surface area contributed by atoms with Crippen molar-refractivity contribution in [3.05, 3.63) is 58.7 Å². The lowest BCUT2D eigenvalue weighted by atomic mass is 10.0. The number of amides is 1. The van der Waals surface area contributed by atoms with Gasteiger partial charge in [0, 0.05) is 11.6 Å². The number of hydrogen-bond acceptors (Lipinski definition) is 6. The number of carbonyl (C=O) groups excluding carboxylic acids is 1. The van der Waals surface area contributed by atoms with Crippen molar-refractivity contribution < 1.29 is 13.7 Å². The summed E-state index contributed by atoms with van der Waals surface area (Å²) < 4.78 is 12.3. The van der Waals surface area contributed by atoms with Crippen LogP contribution in [-0.2, 0) is 0 Å². The van der Waals surface area contributed by atoms with Crippen molar-refractivity contribution in [1.82, 2.24) is 25.0 Å². The van der Waals surface area contributed by atoms with Crippen molar-refractivity contribution in [1.29, 1.82) is 0 Å². The van der Waals surface area contributed by atoms with Gasteiger partial charge in [-0.2, -0.15) is 4.98 Å². The molecule has 4 rings (SSSR count). The fourth-order valence-corrected chi connectivity index (χ4v) is 3.40. The van der Waals surface area contributed by atoms with Crippen LogP contribution in [0.15, 0.2) is 50.3 Å². The third-order valence-electron chi connectivity index (χ3n) is 4.90. The molecule has 3 heterocycles. The topological polar surface area (TPSA) is 119 Å². The predicted octanol–water partition coefficient (Wildman–Crippen LogP) is 3.68. The molecule has 0 bridgehead atoms. The molecule has 4 aromatic rings. The van der Waals surface area contributed by atoms with E-state index in [4.69, 9.17) is 8.94 Å². The van der Waals surface area contributed by atoms with Gasteiger partial charge >= 0.3 is 5.69 Å². The fraction of sp³-hybridized carbons (Fsp3) is 0.333. The van der Waals surface area contributed by atoms with Gasteiger partial charge in [0.2, 0.25) is 11.7 Å². The van der Waals surface area contributed by atoms with Crippen molar-refractivity contribution in [2.24, 2.45) is 5.92 Å². The molecule has 0 saturated carbocycles. The maximum absolute atomic E-state index is 12.4. The lowest BCUT2D eigenvalue weighted by Crippen LogP contribution is -2.31. The highest BCUT2D eigenvalue weighted by atomic mass is 16.5. The van der Waals surface area contributed by atoms with Gasteiger partial charge in [-0.25, -0.2) is 4.79 Å². The molecule has 0 radical (unpaired) electrons. The molecular formula is C21H23N5O4. The molecule has 3 aromatic heterocycles. The van der Waals surface area contributed by atoms with E-state index in [1.165, 1.54) is 6.26 Å². The number of nitrogens with zero attached hydrogens (tertiary/aromatic N) is 3. The average molecular weight is 409 g/mol. The van der Waals surface area contributed by atoms with E-state index in [9.17, 15) is 9.59 Å². The minimum Gasteiger partial charge on any atom is -0.459 e. The van der Waals surface area contributed by atoms with Crippen LogP contribution in [0.1, 0.15) is 56.2 Å². The molecule has 0 aliphatic rings. The Bertz CT molecular complexity index is 1230. The number of imidazole rings is 1. The summed E-state index contributed by atoms with van der Waals surface area (Å²) >= 11 is 0. The van der Waals surface area contributed by atoms with Gasteiger partial charge in [0.25, 0.3) is 5.91 Å². The molecule has 1 atom stereocenters. The van der Waals surface area contributed by atoms with Crippen molar-refractivity contribution >= 4 is 16.9 Å². The first-order valence-corrected chi connectivity index (χ1v) is 9.77. The Balaban J connectivity index is 1.63. The summed E-state index contributed by atoms with van der Waals surface area (Å²) in [5, 5.41) is 6.94. The lowest BCUT2D eigenvalue weighted by molar-refractivity contribution is 0.0885. The number of aromatic nitrogens is 4. The molecule has 0 fully saturated rings. The van der Waals surface area contributed by atoms with E-state index in [1.807, 2.05) is 45.9 Å². The quantitative estimate of drug-likeness (QED) is 0.501. The summed E-state index contributed by atoms with van der Waals surface area (Å²) in [6.45, 7) is 7.80. The summed E-state index contributed by atoms with van der Waals surface area (Å²) in [6, 6.07) is 8.32. The number of furan rings is 1. The molecule has 2 N–H and O–H groups in total. The Morgan fingerprint density at radius 3 is 2.67 bits per heavy atom. The van der Waals surface area contributed by atoms with Crippen LogP contribution < -0.4 is 11.0 Å². The number of carbonyl (C=O) groups is 1. The fourth-order valence-electron chi connectivity index (χ4n) is 3.40.